The highest BCUT2D eigenvalue weighted by atomic mass is 32.2. The molecule has 0 spiro atoms. The summed E-state index contributed by atoms with van der Waals surface area (Å²) in [5.41, 5.74) is 1.52. The minimum atomic E-state index is -3.49. The second-order valence-corrected chi connectivity index (χ2v) is 7.77. The van der Waals surface area contributed by atoms with E-state index in [4.69, 9.17) is 4.74 Å². The third kappa shape index (κ3) is 5.32. The Kier molecular flexibility index (Phi) is 7.59. The SMILES string of the molecule is CCN(CC)S(=O)(=O)c1ccc(NCc2ccc(OC(F)F)c(OC)c2)cc1. The van der Waals surface area contributed by atoms with Crippen LogP contribution in [0.4, 0.5) is 14.5 Å². The Labute approximate surface area is 164 Å². The molecule has 0 aliphatic carbocycles. The van der Waals surface area contributed by atoms with Gasteiger partial charge in [0.15, 0.2) is 11.5 Å². The van der Waals surface area contributed by atoms with E-state index in [0.717, 1.165) is 11.3 Å². The Bertz CT molecular complexity index is 870. The molecule has 2 aromatic rings. The third-order valence-corrected chi connectivity index (χ3v) is 6.20. The van der Waals surface area contributed by atoms with Crippen LogP contribution in [-0.2, 0) is 16.6 Å². The van der Waals surface area contributed by atoms with Gasteiger partial charge in [0, 0.05) is 25.3 Å². The second-order valence-electron chi connectivity index (χ2n) is 5.83. The number of rotatable bonds is 10. The van der Waals surface area contributed by atoms with E-state index in [0.29, 0.717) is 19.6 Å². The van der Waals surface area contributed by atoms with Gasteiger partial charge in [-0.05, 0) is 42.0 Å². The highest BCUT2D eigenvalue weighted by Gasteiger charge is 2.21. The van der Waals surface area contributed by atoms with E-state index >= 15 is 0 Å². The first-order valence-electron chi connectivity index (χ1n) is 8.77. The van der Waals surface area contributed by atoms with Gasteiger partial charge in [-0.1, -0.05) is 19.9 Å². The monoisotopic (exact) mass is 414 g/mol. The van der Waals surface area contributed by atoms with Gasteiger partial charge in [0.1, 0.15) is 0 Å². The summed E-state index contributed by atoms with van der Waals surface area (Å²) in [4.78, 5) is 0.233. The predicted octanol–water partition coefficient (Wildman–Crippen LogP) is 3.94. The van der Waals surface area contributed by atoms with Gasteiger partial charge in [0.2, 0.25) is 10.0 Å². The smallest absolute Gasteiger partial charge is 0.387 e. The van der Waals surface area contributed by atoms with Crippen molar-refractivity contribution in [1.29, 1.82) is 0 Å². The zero-order valence-electron chi connectivity index (χ0n) is 16.0. The average Bonchev–Trinajstić information content (AvgIpc) is 2.67. The number of methoxy groups -OCH3 is 1. The van der Waals surface area contributed by atoms with Crippen LogP contribution < -0.4 is 14.8 Å². The van der Waals surface area contributed by atoms with Crippen LogP contribution in [0.15, 0.2) is 47.4 Å². The lowest BCUT2D eigenvalue weighted by molar-refractivity contribution is -0.0512. The first-order valence-corrected chi connectivity index (χ1v) is 10.2. The van der Waals surface area contributed by atoms with Crippen molar-refractivity contribution in [3.63, 3.8) is 0 Å². The average molecular weight is 414 g/mol. The van der Waals surface area contributed by atoms with Crippen molar-refractivity contribution in [3.05, 3.63) is 48.0 Å². The van der Waals surface area contributed by atoms with Crippen molar-refractivity contribution in [2.75, 3.05) is 25.5 Å². The Morgan fingerprint density at radius 1 is 1.04 bits per heavy atom. The molecule has 28 heavy (non-hydrogen) atoms. The van der Waals surface area contributed by atoms with Gasteiger partial charge < -0.3 is 14.8 Å². The minimum absolute atomic E-state index is 0.0350. The van der Waals surface area contributed by atoms with E-state index in [1.54, 1.807) is 50.2 Å². The van der Waals surface area contributed by atoms with Crippen LogP contribution in [0.3, 0.4) is 0 Å². The normalized spacial score (nSPS) is 11.7. The van der Waals surface area contributed by atoms with Gasteiger partial charge in [-0.3, -0.25) is 0 Å². The Morgan fingerprint density at radius 2 is 1.68 bits per heavy atom. The second kappa shape index (κ2) is 9.70. The summed E-state index contributed by atoms with van der Waals surface area (Å²) in [6.45, 7) is 1.88. The zero-order chi connectivity index (χ0) is 20.7. The van der Waals surface area contributed by atoms with E-state index in [1.807, 2.05) is 0 Å². The lowest BCUT2D eigenvalue weighted by atomic mass is 10.2. The topological polar surface area (TPSA) is 67.9 Å². The summed E-state index contributed by atoms with van der Waals surface area (Å²) in [5, 5.41) is 3.16. The maximum atomic E-state index is 12.5. The van der Waals surface area contributed by atoms with Gasteiger partial charge in [0.25, 0.3) is 0 Å². The molecule has 2 rings (SSSR count). The Balaban J connectivity index is 2.07. The molecular weight excluding hydrogens is 390 g/mol. The molecule has 0 radical (unpaired) electrons. The van der Waals surface area contributed by atoms with Gasteiger partial charge in [0.05, 0.1) is 12.0 Å². The van der Waals surface area contributed by atoms with Crippen LogP contribution in [-0.4, -0.2) is 39.5 Å². The molecule has 154 valence electrons. The highest BCUT2D eigenvalue weighted by molar-refractivity contribution is 7.89. The third-order valence-electron chi connectivity index (χ3n) is 4.14. The van der Waals surface area contributed by atoms with Gasteiger partial charge in [-0.15, -0.1) is 0 Å². The van der Waals surface area contributed by atoms with Gasteiger partial charge in [-0.25, -0.2) is 8.42 Å². The molecule has 0 unspecified atom stereocenters. The molecule has 0 aliphatic heterocycles. The summed E-state index contributed by atoms with van der Waals surface area (Å²) >= 11 is 0. The molecule has 0 aliphatic rings. The first-order chi connectivity index (χ1) is 13.3. The predicted molar refractivity (Wildman–Crippen MR) is 104 cm³/mol. The zero-order valence-corrected chi connectivity index (χ0v) is 16.8. The standard InChI is InChI=1S/C19H24F2N2O4S/c1-4-23(5-2)28(24,25)16-9-7-15(8-10-16)22-13-14-6-11-17(27-19(20)21)18(12-14)26-3/h6-12,19,22H,4-5,13H2,1-3H3. The number of ether oxygens (including phenoxy) is 2. The van der Waals surface area contributed by atoms with Crippen molar-refractivity contribution in [2.45, 2.75) is 31.9 Å². The van der Waals surface area contributed by atoms with Crippen LogP contribution in [0.1, 0.15) is 19.4 Å². The quantitative estimate of drug-likeness (QED) is 0.638. The first kappa shape index (κ1) is 21.9. The van der Waals surface area contributed by atoms with E-state index < -0.39 is 16.6 Å². The largest absolute Gasteiger partial charge is 0.493 e. The van der Waals surface area contributed by atoms with Crippen LogP contribution >= 0.6 is 0 Å². The van der Waals surface area contributed by atoms with Crippen molar-refractivity contribution >= 4 is 15.7 Å². The molecule has 0 saturated carbocycles. The summed E-state index contributed by atoms with van der Waals surface area (Å²) in [6.07, 6.45) is 0. The molecular formula is C19H24F2N2O4S. The maximum Gasteiger partial charge on any atom is 0.387 e. The van der Waals surface area contributed by atoms with E-state index in [9.17, 15) is 17.2 Å². The lowest BCUT2D eigenvalue weighted by Gasteiger charge is -2.18. The van der Waals surface area contributed by atoms with Crippen LogP contribution in [0.25, 0.3) is 0 Å². The number of nitrogens with one attached hydrogen (secondary N) is 1. The van der Waals surface area contributed by atoms with Crippen LogP contribution in [0.2, 0.25) is 0 Å². The molecule has 1 N–H and O–H groups in total. The summed E-state index contributed by atoms with van der Waals surface area (Å²) in [7, 11) is -2.12. The van der Waals surface area contributed by atoms with Gasteiger partial charge in [-0.2, -0.15) is 13.1 Å². The van der Waals surface area contributed by atoms with Crippen molar-refractivity contribution in [3.8, 4) is 11.5 Å². The number of benzene rings is 2. The molecule has 0 aromatic heterocycles. The number of sulfonamides is 1. The van der Waals surface area contributed by atoms with Crippen LogP contribution in [0, 0.1) is 0 Å². The Morgan fingerprint density at radius 3 is 2.21 bits per heavy atom. The molecule has 0 amide bonds. The Hall–Kier alpha value is -2.39. The summed E-state index contributed by atoms with van der Waals surface area (Å²) in [6, 6.07) is 11.1. The molecule has 0 heterocycles. The number of hydrogen-bond acceptors (Lipinski definition) is 5. The minimum Gasteiger partial charge on any atom is -0.493 e. The molecule has 6 nitrogen and oxygen atoms in total. The van der Waals surface area contributed by atoms with E-state index in [2.05, 4.69) is 10.1 Å². The fraction of sp³-hybridized carbons (Fsp3) is 0.368. The number of halogens is 2. The van der Waals surface area contributed by atoms with Crippen molar-refractivity contribution < 1.29 is 26.7 Å². The number of nitrogens with zero attached hydrogens (tertiary/aromatic N) is 1. The highest BCUT2D eigenvalue weighted by Crippen LogP contribution is 2.29. The van der Waals surface area contributed by atoms with Crippen molar-refractivity contribution in [1.82, 2.24) is 4.31 Å². The number of hydrogen-bond donors (Lipinski definition) is 1. The summed E-state index contributed by atoms with van der Waals surface area (Å²) < 4.78 is 60.6. The number of anilines is 1. The molecule has 0 fully saturated rings. The van der Waals surface area contributed by atoms with Crippen molar-refractivity contribution in [2.24, 2.45) is 0 Å². The number of alkyl halides is 2. The maximum absolute atomic E-state index is 12.5. The fourth-order valence-electron chi connectivity index (χ4n) is 2.68. The molecule has 0 atom stereocenters. The fourth-order valence-corrected chi connectivity index (χ4v) is 4.13. The molecule has 2 aromatic carbocycles. The van der Waals surface area contributed by atoms with Gasteiger partial charge >= 0.3 is 6.61 Å². The molecule has 0 saturated heterocycles. The van der Waals surface area contributed by atoms with E-state index in [-0.39, 0.29) is 16.4 Å². The molecule has 9 heteroatoms. The summed E-state index contributed by atoms with van der Waals surface area (Å²) in [5.74, 6) is 0.174. The molecule has 0 bridgehead atoms. The lowest BCUT2D eigenvalue weighted by Crippen LogP contribution is -2.30. The van der Waals surface area contributed by atoms with Crippen LogP contribution in [0.5, 0.6) is 11.5 Å². The van der Waals surface area contributed by atoms with E-state index in [1.165, 1.54) is 17.5 Å².